The normalized spacial score (nSPS) is 10.7. The lowest BCUT2D eigenvalue weighted by Crippen LogP contribution is -2.11. The maximum Gasteiger partial charge on any atom is 0.337 e. The first-order valence-corrected chi connectivity index (χ1v) is 9.03. The van der Waals surface area contributed by atoms with Crippen LogP contribution in [-0.2, 0) is 4.84 Å². The van der Waals surface area contributed by atoms with Crippen LogP contribution in [0.1, 0.15) is 33.8 Å². The molecule has 2 N–H and O–H groups in total. The third kappa shape index (κ3) is 5.09. The van der Waals surface area contributed by atoms with Gasteiger partial charge in [0.25, 0.3) is 0 Å². The molecule has 0 atom stereocenters. The second-order valence-electron chi connectivity index (χ2n) is 6.11. The summed E-state index contributed by atoms with van der Waals surface area (Å²) in [4.78, 5) is 16.9. The van der Waals surface area contributed by atoms with E-state index < -0.39 is 5.97 Å². The van der Waals surface area contributed by atoms with E-state index in [1.807, 2.05) is 36.4 Å². The Morgan fingerprint density at radius 1 is 0.963 bits per heavy atom. The van der Waals surface area contributed by atoms with Crippen LogP contribution in [0.4, 0.5) is 5.69 Å². The van der Waals surface area contributed by atoms with Gasteiger partial charge in [0.2, 0.25) is 0 Å². The summed E-state index contributed by atoms with van der Waals surface area (Å²) >= 11 is 5.87. The van der Waals surface area contributed by atoms with Gasteiger partial charge in [-0.05, 0) is 35.7 Å². The number of rotatable bonds is 8. The zero-order valence-electron chi connectivity index (χ0n) is 14.6. The molecular formula is C22H20ClNO3. The zero-order chi connectivity index (χ0) is 19.1. The largest absolute Gasteiger partial charge is 0.478 e. The van der Waals surface area contributed by atoms with Crippen molar-refractivity contribution in [3.63, 3.8) is 0 Å². The van der Waals surface area contributed by atoms with Crippen molar-refractivity contribution >= 4 is 23.3 Å². The summed E-state index contributed by atoms with van der Waals surface area (Å²) in [5, 5.41) is 9.64. The van der Waals surface area contributed by atoms with Gasteiger partial charge in [0.05, 0.1) is 17.9 Å². The smallest absolute Gasteiger partial charge is 0.337 e. The summed E-state index contributed by atoms with van der Waals surface area (Å²) in [6.45, 7) is 0.413. The summed E-state index contributed by atoms with van der Waals surface area (Å²) in [5.41, 5.74) is 5.62. The Kier molecular flexibility index (Phi) is 6.47. The van der Waals surface area contributed by atoms with Crippen molar-refractivity contribution in [1.29, 1.82) is 0 Å². The fourth-order valence-electron chi connectivity index (χ4n) is 2.98. The number of aromatic carboxylic acids is 1. The zero-order valence-corrected chi connectivity index (χ0v) is 15.4. The molecule has 0 unspecified atom stereocenters. The number of anilines is 1. The topological polar surface area (TPSA) is 58.6 Å². The minimum Gasteiger partial charge on any atom is -0.478 e. The number of halogens is 1. The lowest BCUT2D eigenvalue weighted by Gasteiger charge is -2.18. The molecule has 5 heteroatoms. The average molecular weight is 382 g/mol. The molecule has 0 radical (unpaired) electrons. The number of hydrogen-bond acceptors (Lipinski definition) is 3. The van der Waals surface area contributed by atoms with Gasteiger partial charge in [-0.3, -0.25) is 10.3 Å². The summed E-state index contributed by atoms with van der Waals surface area (Å²) in [5.74, 6) is -0.867. The molecule has 0 heterocycles. The Morgan fingerprint density at radius 2 is 1.56 bits per heavy atom. The lowest BCUT2D eigenvalue weighted by molar-refractivity contribution is 0.0696. The molecule has 3 aromatic rings. The molecule has 138 valence electrons. The van der Waals surface area contributed by atoms with Crippen LogP contribution in [0, 0.1) is 0 Å². The van der Waals surface area contributed by atoms with Gasteiger partial charge in [-0.15, -0.1) is 0 Å². The summed E-state index contributed by atoms with van der Waals surface area (Å²) in [6.07, 6.45) is 0.747. The molecule has 0 aliphatic rings. The van der Waals surface area contributed by atoms with Gasteiger partial charge < -0.3 is 5.11 Å². The van der Waals surface area contributed by atoms with E-state index in [-0.39, 0.29) is 11.5 Å². The third-order valence-corrected chi connectivity index (χ3v) is 4.54. The molecular weight excluding hydrogens is 362 g/mol. The average Bonchev–Trinajstić information content (AvgIpc) is 2.70. The molecule has 4 nitrogen and oxygen atoms in total. The van der Waals surface area contributed by atoms with Gasteiger partial charge in [0, 0.05) is 10.9 Å². The molecule has 0 aromatic heterocycles. The van der Waals surface area contributed by atoms with Crippen molar-refractivity contribution in [2.45, 2.75) is 12.3 Å². The van der Waals surface area contributed by atoms with E-state index in [9.17, 15) is 9.90 Å². The number of carboxylic acids is 1. The quantitative estimate of drug-likeness (QED) is 0.393. The van der Waals surface area contributed by atoms with Crippen molar-refractivity contribution in [2.75, 3.05) is 12.1 Å². The number of carbonyl (C=O) groups is 1. The van der Waals surface area contributed by atoms with Crippen LogP contribution >= 0.6 is 11.6 Å². The molecule has 0 saturated carbocycles. The van der Waals surface area contributed by atoms with Crippen LogP contribution in [0.3, 0.4) is 0 Å². The van der Waals surface area contributed by atoms with Gasteiger partial charge in [-0.2, -0.15) is 0 Å². The first-order chi connectivity index (χ1) is 13.1. The molecule has 0 bridgehead atoms. The van der Waals surface area contributed by atoms with Crippen LogP contribution in [0.2, 0.25) is 5.02 Å². The number of hydrogen-bond donors (Lipinski definition) is 2. The van der Waals surface area contributed by atoms with E-state index in [4.69, 9.17) is 16.4 Å². The highest BCUT2D eigenvalue weighted by Gasteiger charge is 2.15. The monoisotopic (exact) mass is 381 g/mol. The Balaban J connectivity index is 1.66. The van der Waals surface area contributed by atoms with E-state index in [2.05, 4.69) is 29.7 Å². The molecule has 0 spiro atoms. The minimum atomic E-state index is -1.06. The van der Waals surface area contributed by atoms with Crippen LogP contribution in [0.25, 0.3) is 0 Å². The van der Waals surface area contributed by atoms with E-state index in [0.29, 0.717) is 17.3 Å². The van der Waals surface area contributed by atoms with Gasteiger partial charge in [0.1, 0.15) is 0 Å². The van der Waals surface area contributed by atoms with Gasteiger partial charge in [-0.1, -0.05) is 72.3 Å². The van der Waals surface area contributed by atoms with Gasteiger partial charge in [-0.25, -0.2) is 4.79 Å². The molecule has 0 amide bonds. The van der Waals surface area contributed by atoms with Crippen molar-refractivity contribution in [2.24, 2.45) is 0 Å². The molecule has 0 saturated heterocycles. The Morgan fingerprint density at radius 3 is 2.11 bits per heavy atom. The summed E-state index contributed by atoms with van der Waals surface area (Å²) in [6, 6.07) is 25.1. The Hall–Kier alpha value is -2.82. The maximum atomic E-state index is 11.3. The third-order valence-electron chi connectivity index (χ3n) is 4.31. The van der Waals surface area contributed by atoms with Crippen LogP contribution in [0.5, 0.6) is 0 Å². The molecule has 27 heavy (non-hydrogen) atoms. The van der Waals surface area contributed by atoms with Crippen molar-refractivity contribution in [1.82, 2.24) is 0 Å². The fourth-order valence-corrected chi connectivity index (χ4v) is 3.16. The molecule has 3 aromatic carbocycles. The highest BCUT2D eigenvalue weighted by Crippen LogP contribution is 2.28. The SMILES string of the molecule is O=C(O)c1cc(Cl)ccc1NOCCC(c1ccccc1)c1ccccc1. The lowest BCUT2D eigenvalue weighted by atomic mass is 9.89. The van der Waals surface area contributed by atoms with Crippen molar-refractivity contribution in [3.8, 4) is 0 Å². The minimum absolute atomic E-state index is 0.0742. The van der Waals surface area contributed by atoms with E-state index >= 15 is 0 Å². The molecule has 0 aliphatic heterocycles. The highest BCUT2D eigenvalue weighted by atomic mass is 35.5. The van der Waals surface area contributed by atoms with Crippen molar-refractivity contribution < 1.29 is 14.7 Å². The second kappa shape index (κ2) is 9.21. The predicted octanol–water partition coefficient (Wildman–Crippen LogP) is 5.60. The first-order valence-electron chi connectivity index (χ1n) is 8.65. The maximum absolute atomic E-state index is 11.3. The van der Waals surface area contributed by atoms with Gasteiger partial charge in [0.15, 0.2) is 0 Å². The van der Waals surface area contributed by atoms with E-state index in [0.717, 1.165) is 6.42 Å². The second-order valence-corrected chi connectivity index (χ2v) is 6.54. The van der Waals surface area contributed by atoms with Gasteiger partial charge >= 0.3 is 5.97 Å². The molecule has 0 fully saturated rings. The first kappa shape index (κ1) is 19.0. The molecule has 0 aliphatic carbocycles. The number of carboxylic acid groups (broad SMARTS) is 1. The van der Waals surface area contributed by atoms with Crippen LogP contribution in [0.15, 0.2) is 78.9 Å². The van der Waals surface area contributed by atoms with Crippen LogP contribution < -0.4 is 5.48 Å². The molecule has 3 rings (SSSR count). The fraction of sp³-hybridized carbons (Fsp3) is 0.136. The predicted molar refractivity (Wildman–Crippen MR) is 107 cm³/mol. The Labute approximate surface area is 163 Å². The summed E-state index contributed by atoms with van der Waals surface area (Å²) < 4.78 is 0. The van der Waals surface area contributed by atoms with E-state index in [1.54, 1.807) is 12.1 Å². The van der Waals surface area contributed by atoms with E-state index in [1.165, 1.54) is 17.2 Å². The Bertz CT molecular complexity index is 845. The van der Waals surface area contributed by atoms with Crippen LogP contribution in [-0.4, -0.2) is 17.7 Å². The number of benzene rings is 3. The number of nitrogens with one attached hydrogen (secondary N) is 1. The summed E-state index contributed by atoms with van der Waals surface area (Å²) in [7, 11) is 0. The highest BCUT2D eigenvalue weighted by molar-refractivity contribution is 6.31. The van der Waals surface area contributed by atoms with Crippen molar-refractivity contribution in [3.05, 3.63) is 101 Å². The standard InChI is InChI=1S/C22H20ClNO3/c23-18-11-12-21(20(15-18)22(25)26)24-27-14-13-19(16-7-3-1-4-8-16)17-9-5-2-6-10-17/h1-12,15,19,24H,13-14H2,(H,25,26).